The number of carbonyl (C=O) groups is 1. The van der Waals surface area contributed by atoms with Crippen LogP contribution in [0.25, 0.3) is 11.1 Å². The summed E-state index contributed by atoms with van der Waals surface area (Å²) in [6.45, 7) is 4.66. The van der Waals surface area contributed by atoms with Gasteiger partial charge in [-0.05, 0) is 37.2 Å². The summed E-state index contributed by atoms with van der Waals surface area (Å²) >= 11 is 6.94. The van der Waals surface area contributed by atoms with E-state index in [1.807, 2.05) is 37.3 Å². The molecule has 4 nitrogen and oxygen atoms in total. The van der Waals surface area contributed by atoms with Gasteiger partial charge in [-0.25, -0.2) is 4.79 Å². The minimum atomic E-state index is -0.382. The van der Waals surface area contributed by atoms with Gasteiger partial charge in [0.15, 0.2) is 5.11 Å². The van der Waals surface area contributed by atoms with Gasteiger partial charge in [-0.15, -0.1) is 11.3 Å². The van der Waals surface area contributed by atoms with E-state index >= 15 is 0 Å². The van der Waals surface area contributed by atoms with Crippen LogP contribution in [0.3, 0.4) is 0 Å². The Kier molecular flexibility index (Phi) is 6.44. The van der Waals surface area contributed by atoms with Crippen LogP contribution in [-0.4, -0.2) is 18.2 Å². The van der Waals surface area contributed by atoms with Crippen LogP contribution in [0.4, 0.5) is 5.00 Å². The average molecular weight is 411 g/mol. The number of thiocarbonyl (C=S) groups is 1. The number of aryl methyl sites for hydroxylation is 2. The van der Waals surface area contributed by atoms with Crippen LogP contribution < -0.4 is 10.6 Å². The number of carbonyl (C=O) groups excluding carboxylic acids is 1. The van der Waals surface area contributed by atoms with Gasteiger partial charge in [-0.2, -0.15) is 0 Å². The second-order valence-electron chi connectivity index (χ2n) is 6.39. The third-order valence-corrected chi connectivity index (χ3v) is 5.60. The smallest absolute Gasteiger partial charge is 0.341 e. The number of hydrogen-bond donors (Lipinski definition) is 2. The Morgan fingerprint density at radius 2 is 1.75 bits per heavy atom. The molecule has 0 atom stereocenters. The molecule has 0 aliphatic heterocycles. The van der Waals surface area contributed by atoms with E-state index < -0.39 is 0 Å². The zero-order chi connectivity index (χ0) is 20.1. The monoisotopic (exact) mass is 410 g/mol. The van der Waals surface area contributed by atoms with Gasteiger partial charge in [0.25, 0.3) is 0 Å². The average Bonchev–Trinajstić information content (AvgIpc) is 3.03. The molecule has 1 heterocycles. The Labute approximate surface area is 174 Å². The van der Waals surface area contributed by atoms with Gasteiger partial charge in [0.2, 0.25) is 0 Å². The van der Waals surface area contributed by atoms with Crippen LogP contribution in [0.1, 0.15) is 26.4 Å². The van der Waals surface area contributed by atoms with Gasteiger partial charge < -0.3 is 15.4 Å². The summed E-state index contributed by atoms with van der Waals surface area (Å²) in [7, 11) is 1.39. The third kappa shape index (κ3) is 4.58. The third-order valence-electron chi connectivity index (χ3n) is 4.34. The lowest BCUT2D eigenvalue weighted by atomic mass is 10.0. The number of esters is 1. The van der Waals surface area contributed by atoms with Crippen molar-refractivity contribution in [3.8, 4) is 11.1 Å². The molecule has 2 N–H and O–H groups in total. The molecule has 3 rings (SSSR count). The fourth-order valence-electron chi connectivity index (χ4n) is 2.92. The van der Waals surface area contributed by atoms with E-state index in [2.05, 4.69) is 41.8 Å². The van der Waals surface area contributed by atoms with Crippen LogP contribution in [0, 0.1) is 13.8 Å². The summed E-state index contributed by atoms with van der Waals surface area (Å²) in [6.07, 6.45) is 0. The Bertz CT molecular complexity index is 980. The van der Waals surface area contributed by atoms with E-state index in [-0.39, 0.29) is 5.97 Å². The van der Waals surface area contributed by atoms with Crippen LogP contribution in [0.5, 0.6) is 0 Å². The van der Waals surface area contributed by atoms with E-state index in [0.717, 1.165) is 21.6 Å². The lowest BCUT2D eigenvalue weighted by molar-refractivity contribution is 0.0603. The number of ether oxygens (including phenoxy) is 1. The molecule has 3 aromatic rings. The molecule has 0 unspecified atom stereocenters. The second kappa shape index (κ2) is 8.99. The highest BCUT2D eigenvalue weighted by Crippen LogP contribution is 2.40. The van der Waals surface area contributed by atoms with Crippen LogP contribution >= 0.6 is 23.6 Å². The van der Waals surface area contributed by atoms with Gasteiger partial charge in [0.1, 0.15) is 10.6 Å². The lowest BCUT2D eigenvalue weighted by Crippen LogP contribution is -2.28. The maximum atomic E-state index is 12.5. The zero-order valence-corrected chi connectivity index (χ0v) is 17.7. The van der Waals surface area contributed by atoms with E-state index in [0.29, 0.717) is 22.2 Å². The fraction of sp³-hybridized carbons (Fsp3) is 0.182. The maximum absolute atomic E-state index is 12.5. The molecule has 0 fully saturated rings. The van der Waals surface area contributed by atoms with Crippen molar-refractivity contribution in [3.05, 3.63) is 76.2 Å². The largest absolute Gasteiger partial charge is 0.465 e. The molecular formula is C22H22N2O2S2. The molecule has 0 radical (unpaired) electrons. The first kappa shape index (κ1) is 20.0. The number of benzene rings is 2. The Morgan fingerprint density at radius 1 is 1.07 bits per heavy atom. The van der Waals surface area contributed by atoms with Gasteiger partial charge >= 0.3 is 5.97 Å². The van der Waals surface area contributed by atoms with Gasteiger partial charge in [-0.3, -0.25) is 0 Å². The highest BCUT2D eigenvalue weighted by Gasteiger charge is 2.24. The molecule has 0 aliphatic carbocycles. The Morgan fingerprint density at radius 3 is 2.39 bits per heavy atom. The van der Waals surface area contributed by atoms with E-state index in [9.17, 15) is 4.79 Å². The minimum absolute atomic E-state index is 0.382. The summed E-state index contributed by atoms with van der Waals surface area (Å²) in [4.78, 5) is 13.5. The second-order valence-corrected chi connectivity index (χ2v) is 8.02. The molecule has 0 aliphatic rings. The zero-order valence-electron chi connectivity index (χ0n) is 16.0. The maximum Gasteiger partial charge on any atom is 0.341 e. The highest BCUT2D eigenvalue weighted by molar-refractivity contribution is 7.80. The Hall–Kier alpha value is -2.70. The predicted molar refractivity (Wildman–Crippen MR) is 120 cm³/mol. The van der Waals surface area contributed by atoms with Crippen LogP contribution in [0.2, 0.25) is 0 Å². The summed E-state index contributed by atoms with van der Waals surface area (Å²) in [5.74, 6) is -0.382. The molecule has 1 aromatic heterocycles. The molecule has 0 bridgehead atoms. The summed E-state index contributed by atoms with van der Waals surface area (Å²) < 4.78 is 5.04. The quantitative estimate of drug-likeness (QED) is 0.441. The molecule has 144 valence electrons. The van der Waals surface area contributed by atoms with Gasteiger partial charge in [0.05, 0.1) is 7.11 Å². The molecule has 0 spiro atoms. The predicted octanol–water partition coefficient (Wildman–Crippen LogP) is 5.31. The summed E-state index contributed by atoms with van der Waals surface area (Å²) in [6, 6.07) is 18.1. The standard InChI is InChI=1S/C22H22N2O2S2/c1-14-9-11-16(12-10-14)13-23-22(27)24-20-19(21(25)26-3)18(15(2)28-20)17-7-5-4-6-8-17/h4-12H,13H2,1-3H3,(H2,23,24,27). The molecule has 0 saturated carbocycles. The SMILES string of the molecule is COC(=O)c1c(NC(=S)NCc2ccc(C)cc2)sc(C)c1-c1ccccc1. The van der Waals surface area contributed by atoms with E-state index in [1.54, 1.807) is 0 Å². The first-order chi connectivity index (χ1) is 13.5. The number of rotatable bonds is 5. The van der Waals surface area contributed by atoms with Crippen molar-refractivity contribution >= 4 is 39.6 Å². The number of nitrogens with one attached hydrogen (secondary N) is 2. The topological polar surface area (TPSA) is 50.4 Å². The first-order valence-corrected chi connectivity index (χ1v) is 10.1. The fourth-order valence-corrected chi connectivity index (χ4v) is 4.23. The van der Waals surface area contributed by atoms with Crippen molar-refractivity contribution in [2.75, 3.05) is 12.4 Å². The first-order valence-electron chi connectivity index (χ1n) is 8.87. The normalized spacial score (nSPS) is 10.4. The Balaban J connectivity index is 1.82. The summed E-state index contributed by atoms with van der Waals surface area (Å²) in [5, 5.41) is 7.52. The highest BCUT2D eigenvalue weighted by atomic mass is 32.1. The number of methoxy groups -OCH3 is 1. The van der Waals surface area contributed by atoms with Crippen molar-refractivity contribution in [1.29, 1.82) is 0 Å². The number of hydrogen-bond acceptors (Lipinski definition) is 4. The van der Waals surface area contributed by atoms with Crippen LogP contribution in [0.15, 0.2) is 54.6 Å². The van der Waals surface area contributed by atoms with Crippen molar-refractivity contribution in [1.82, 2.24) is 5.32 Å². The van der Waals surface area contributed by atoms with Gasteiger partial charge in [-0.1, -0.05) is 60.2 Å². The van der Waals surface area contributed by atoms with Crippen molar-refractivity contribution in [2.24, 2.45) is 0 Å². The molecule has 0 saturated heterocycles. The summed E-state index contributed by atoms with van der Waals surface area (Å²) in [5.41, 5.74) is 4.71. The number of thiophene rings is 1. The number of anilines is 1. The van der Waals surface area contributed by atoms with Crippen molar-refractivity contribution < 1.29 is 9.53 Å². The van der Waals surface area contributed by atoms with Gasteiger partial charge in [0, 0.05) is 17.0 Å². The van der Waals surface area contributed by atoms with Crippen molar-refractivity contribution in [2.45, 2.75) is 20.4 Å². The molecule has 6 heteroatoms. The van der Waals surface area contributed by atoms with Crippen molar-refractivity contribution in [3.63, 3.8) is 0 Å². The molecular weight excluding hydrogens is 388 g/mol. The van der Waals surface area contributed by atoms with E-state index in [1.165, 1.54) is 24.0 Å². The van der Waals surface area contributed by atoms with E-state index in [4.69, 9.17) is 17.0 Å². The lowest BCUT2D eigenvalue weighted by Gasteiger charge is -2.11. The molecule has 0 amide bonds. The van der Waals surface area contributed by atoms with Crippen LogP contribution in [-0.2, 0) is 11.3 Å². The molecule has 28 heavy (non-hydrogen) atoms. The molecule has 2 aromatic carbocycles. The minimum Gasteiger partial charge on any atom is -0.465 e.